The number of carbonyl (C=O) groups excluding carboxylic acids is 1. The lowest BCUT2D eigenvalue weighted by Gasteiger charge is -2.32. The van der Waals surface area contributed by atoms with Gasteiger partial charge in [0.1, 0.15) is 0 Å². The van der Waals surface area contributed by atoms with Gasteiger partial charge in [-0.25, -0.2) is 0 Å². The van der Waals surface area contributed by atoms with Gasteiger partial charge in [0.2, 0.25) is 0 Å². The summed E-state index contributed by atoms with van der Waals surface area (Å²) in [6, 6.07) is 5.69. The highest BCUT2D eigenvalue weighted by molar-refractivity contribution is 6.00. The van der Waals surface area contributed by atoms with Crippen LogP contribution in [0.5, 0.6) is 0 Å². The van der Waals surface area contributed by atoms with Gasteiger partial charge in [0.25, 0.3) is 5.91 Å². The highest BCUT2D eigenvalue weighted by atomic mass is 16.1. The van der Waals surface area contributed by atoms with Crippen molar-refractivity contribution in [3.05, 3.63) is 23.8 Å². The lowest BCUT2D eigenvalue weighted by Crippen LogP contribution is -2.41. The molecule has 0 aromatic heterocycles. The van der Waals surface area contributed by atoms with E-state index in [9.17, 15) is 4.79 Å². The third-order valence-electron chi connectivity index (χ3n) is 3.96. The summed E-state index contributed by atoms with van der Waals surface area (Å²) in [5.74, 6) is 0.600. The third kappa shape index (κ3) is 3.00. The molecule has 4 nitrogen and oxygen atoms in total. The van der Waals surface area contributed by atoms with Crippen molar-refractivity contribution in [3.63, 3.8) is 0 Å². The molecule has 0 bridgehead atoms. The predicted molar refractivity (Wildman–Crippen MR) is 79.5 cm³/mol. The van der Waals surface area contributed by atoms with E-state index in [-0.39, 0.29) is 11.9 Å². The molecule has 3 N–H and O–H groups in total. The number of carbonyl (C=O) groups is 1. The fourth-order valence-electron chi connectivity index (χ4n) is 2.47. The van der Waals surface area contributed by atoms with Crippen LogP contribution in [-0.2, 0) is 0 Å². The third-order valence-corrected chi connectivity index (χ3v) is 3.96. The fourth-order valence-corrected chi connectivity index (χ4v) is 2.47. The first-order valence-electron chi connectivity index (χ1n) is 6.86. The number of nitrogens with zero attached hydrogens (tertiary/aromatic N) is 1. The number of nitrogens with one attached hydrogen (secondary N) is 1. The average molecular weight is 261 g/mol. The summed E-state index contributed by atoms with van der Waals surface area (Å²) in [7, 11) is 3.86. The molecular formula is C15H23N3O. The number of hydrogen-bond acceptors (Lipinski definition) is 3. The zero-order chi connectivity index (χ0) is 14.0. The molecule has 2 rings (SSSR count). The van der Waals surface area contributed by atoms with Gasteiger partial charge < -0.3 is 16.0 Å². The molecule has 0 radical (unpaired) electrons. The topological polar surface area (TPSA) is 58.4 Å². The minimum Gasteiger partial charge on any atom is -0.399 e. The Morgan fingerprint density at radius 1 is 1.42 bits per heavy atom. The van der Waals surface area contributed by atoms with E-state index in [1.54, 1.807) is 6.07 Å². The van der Waals surface area contributed by atoms with Crippen LogP contribution in [0.1, 0.15) is 36.5 Å². The Labute approximate surface area is 115 Å². The number of rotatable bonds is 4. The molecular weight excluding hydrogens is 238 g/mol. The molecule has 104 valence electrons. The molecule has 1 aromatic rings. The standard InChI is InChI=1S/C15H23N3O/c1-10(11-5-4-6-11)17-15(19)13-9-12(16)7-8-14(13)18(2)3/h7-11H,4-6,16H2,1-3H3,(H,17,19). The molecule has 0 aliphatic heterocycles. The number of nitrogen functional groups attached to an aromatic ring is 1. The Morgan fingerprint density at radius 2 is 2.11 bits per heavy atom. The van der Waals surface area contributed by atoms with Crippen molar-refractivity contribution in [2.45, 2.75) is 32.2 Å². The van der Waals surface area contributed by atoms with Crippen LogP contribution >= 0.6 is 0 Å². The number of anilines is 2. The van der Waals surface area contributed by atoms with Crippen molar-refractivity contribution in [1.82, 2.24) is 5.32 Å². The second-order valence-corrected chi connectivity index (χ2v) is 5.62. The van der Waals surface area contributed by atoms with Crippen LogP contribution in [0.2, 0.25) is 0 Å². The molecule has 1 fully saturated rings. The second kappa shape index (κ2) is 5.51. The number of amides is 1. The highest BCUT2D eigenvalue weighted by Crippen LogP contribution is 2.30. The minimum atomic E-state index is -0.0320. The predicted octanol–water partition coefficient (Wildman–Crippen LogP) is 2.25. The van der Waals surface area contributed by atoms with E-state index in [2.05, 4.69) is 12.2 Å². The van der Waals surface area contributed by atoms with E-state index < -0.39 is 0 Å². The second-order valence-electron chi connectivity index (χ2n) is 5.62. The van der Waals surface area contributed by atoms with Crippen molar-refractivity contribution in [3.8, 4) is 0 Å². The van der Waals surface area contributed by atoms with E-state index in [1.807, 2.05) is 31.1 Å². The van der Waals surface area contributed by atoms with Crippen molar-refractivity contribution in [2.24, 2.45) is 5.92 Å². The van der Waals surface area contributed by atoms with E-state index in [4.69, 9.17) is 5.73 Å². The Bertz CT molecular complexity index is 466. The summed E-state index contributed by atoms with van der Waals surface area (Å²) < 4.78 is 0. The molecule has 0 heterocycles. The molecule has 19 heavy (non-hydrogen) atoms. The fraction of sp³-hybridized carbons (Fsp3) is 0.533. The molecule has 1 saturated carbocycles. The van der Waals surface area contributed by atoms with Gasteiger partial charge in [0.15, 0.2) is 0 Å². The van der Waals surface area contributed by atoms with Gasteiger partial charge in [-0.1, -0.05) is 6.42 Å². The number of benzene rings is 1. The van der Waals surface area contributed by atoms with Crippen LogP contribution < -0.4 is 16.0 Å². The van der Waals surface area contributed by atoms with Gasteiger partial charge in [-0.2, -0.15) is 0 Å². The summed E-state index contributed by atoms with van der Waals surface area (Å²) >= 11 is 0. The van der Waals surface area contributed by atoms with Crippen LogP contribution in [0, 0.1) is 5.92 Å². The van der Waals surface area contributed by atoms with Crippen molar-refractivity contribution < 1.29 is 4.79 Å². The molecule has 1 aliphatic carbocycles. The molecule has 1 atom stereocenters. The summed E-state index contributed by atoms with van der Waals surface area (Å²) in [4.78, 5) is 14.3. The molecule has 4 heteroatoms. The monoisotopic (exact) mass is 261 g/mol. The van der Waals surface area contributed by atoms with Gasteiger partial charge in [0, 0.05) is 31.5 Å². The maximum Gasteiger partial charge on any atom is 0.253 e. The van der Waals surface area contributed by atoms with Crippen molar-refractivity contribution in [2.75, 3.05) is 24.7 Å². The summed E-state index contributed by atoms with van der Waals surface area (Å²) in [5.41, 5.74) is 7.96. The van der Waals surface area contributed by atoms with E-state index in [0.717, 1.165) is 5.69 Å². The number of hydrogen-bond donors (Lipinski definition) is 2. The SMILES string of the molecule is CC(NC(=O)c1cc(N)ccc1N(C)C)C1CCC1. The maximum absolute atomic E-state index is 12.4. The highest BCUT2D eigenvalue weighted by Gasteiger charge is 2.26. The first-order chi connectivity index (χ1) is 8.99. The normalized spacial score (nSPS) is 16.6. The zero-order valence-electron chi connectivity index (χ0n) is 11.9. The summed E-state index contributed by atoms with van der Waals surface area (Å²) in [5, 5.41) is 3.10. The van der Waals surface area contributed by atoms with Crippen molar-refractivity contribution >= 4 is 17.3 Å². The lowest BCUT2D eigenvalue weighted by atomic mass is 9.80. The maximum atomic E-state index is 12.4. The average Bonchev–Trinajstić information content (AvgIpc) is 2.25. The van der Waals surface area contributed by atoms with E-state index in [0.29, 0.717) is 17.2 Å². The molecule has 0 saturated heterocycles. The Morgan fingerprint density at radius 3 is 2.63 bits per heavy atom. The van der Waals surface area contributed by atoms with Gasteiger partial charge in [-0.15, -0.1) is 0 Å². The largest absolute Gasteiger partial charge is 0.399 e. The molecule has 0 spiro atoms. The summed E-state index contributed by atoms with van der Waals surface area (Å²) in [6.07, 6.45) is 3.73. The first-order valence-corrected chi connectivity index (χ1v) is 6.86. The van der Waals surface area contributed by atoms with Crippen LogP contribution in [0.25, 0.3) is 0 Å². The van der Waals surface area contributed by atoms with Gasteiger partial charge in [0.05, 0.1) is 5.56 Å². The zero-order valence-corrected chi connectivity index (χ0v) is 11.9. The molecule has 1 unspecified atom stereocenters. The molecule has 1 aromatic carbocycles. The van der Waals surface area contributed by atoms with Crippen molar-refractivity contribution in [1.29, 1.82) is 0 Å². The summed E-state index contributed by atoms with van der Waals surface area (Å²) in [6.45, 7) is 2.09. The Kier molecular flexibility index (Phi) is 3.98. The Hall–Kier alpha value is -1.71. The lowest BCUT2D eigenvalue weighted by molar-refractivity contribution is 0.0910. The van der Waals surface area contributed by atoms with Gasteiger partial charge >= 0.3 is 0 Å². The smallest absolute Gasteiger partial charge is 0.253 e. The van der Waals surface area contributed by atoms with Crippen LogP contribution in [0.4, 0.5) is 11.4 Å². The first kappa shape index (κ1) is 13.7. The quantitative estimate of drug-likeness (QED) is 0.817. The van der Waals surface area contributed by atoms with E-state index in [1.165, 1.54) is 19.3 Å². The van der Waals surface area contributed by atoms with Gasteiger partial charge in [-0.05, 0) is 43.9 Å². The molecule has 1 amide bonds. The van der Waals surface area contributed by atoms with E-state index >= 15 is 0 Å². The molecule has 1 aliphatic rings. The van der Waals surface area contributed by atoms with Gasteiger partial charge in [-0.3, -0.25) is 4.79 Å². The van der Waals surface area contributed by atoms with Crippen LogP contribution in [0.15, 0.2) is 18.2 Å². The minimum absolute atomic E-state index is 0.0320. The number of nitrogens with two attached hydrogens (primary N) is 1. The van der Waals surface area contributed by atoms with Crippen LogP contribution in [-0.4, -0.2) is 26.0 Å². The Balaban J connectivity index is 2.15. The van der Waals surface area contributed by atoms with Crippen LogP contribution in [0.3, 0.4) is 0 Å².